The van der Waals surface area contributed by atoms with Crippen molar-refractivity contribution >= 4 is 17.5 Å². The molecule has 2 nitrogen and oxygen atoms in total. The molecule has 13 heavy (non-hydrogen) atoms. The maximum Gasteiger partial charge on any atom is 0.220 e. The summed E-state index contributed by atoms with van der Waals surface area (Å²) in [7, 11) is 0. The minimum absolute atomic E-state index is 0.197. The van der Waals surface area contributed by atoms with Crippen LogP contribution in [0.25, 0.3) is 0 Å². The second-order valence-electron chi connectivity index (χ2n) is 3.95. The predicted molar refractivity (Wildman–Crippen MR) is 54.9 cm³/mol. The third-order valence-corrected chi connectivity index (χ3v) is 2.87. The van der Waals surface area contributed by atoms with Crippen LogP contribution >= 0.6 is 11.6 Å². The average molecular weight is 204 g/mol. The van der Waals surface area contributed by atoms with Crippen LogP contribution in [0.15, 0.2) is 0 Å². The van der Waals surface area contributed by atoms with Gasteiger partial charge in [0.15, 0.2) is 0 Å². The molecule has 1 aliphatic rings. The summed E-state index contributed by atoms with van der Waals surface area (Å²) in [5.41, 5.74) is 0. The van der Waals surface area contributed by atoms with Crippen molar-refractivity contribution in [3.8, 4) is 0 Å². The van der Waals surface area contributed by atoms with E-state index in [1.807, 2.05) is 6.92 Å². The lowest BCUT2D eigenvalue weighted by molar-refractivity contribution is -0.123. The first-order valence-electron chi connectivity index (χ1n) is 5.07. The number of hydrogen-bond donors (Lipinski definition) is 1. The molecular weight excluding hydrogens is 186 g/mol. The third kappa shape index (κ3) is 3.99. The average Bonchev–Trinajstić information content (AvgIpc) is 1.97. The summed E-state index contributed by atoms with van der Waals surface area (Å²) in [4.78, 5) is 11.4. The van der Waals surface area contributed by atoms with E-state index in [1.165, 1.54) is 19.3 Å². The number of rotatable bonds is 5. The molecule has 1 fully saturated rings. The second kappa shape index (κ2) is 5.48. The van der Waals surface area contributed by atoms with Gasteiger partial charge in [-0.05, 0) is 32.1 Å². The van der Waals surface area contributed by atoms with E-state index < -0.39 is 0 Å². The lowest BCUT2D eigenvalue weighted by atomic mass is 9.83. The largest absolute Gasteiger partial charge is 0.354 e. The van der Waals surface area contributed by atoms with Crippen LogP contribution in [0.2, 0.25) is 0 Å². The standard InChI is InChI=1S/C10H18ClNO/c1-8(5-6-11)12-10(13)7-9-3-2-4-9/h8-9H,2-7H2,1H3,(H,12,13). The maximum atomic E-state index is 11.4. The Labute approximate surface area is 85.0 Å². The summed E-state index contributed by atoms with van der Waals surface area (Å²) in [5, 5.41) is 2.96. The summed E-state index contributed by atoms with van der Waals surface area (Å²) in [6.07, 6.45) is 5.34. The lowest BCUT2D eigenvalue weighted by Crippen LogP contribution is -2.34. The highest BCUT2D eigenvalue weighted by Crippen LogP contribution is 2.29. The van der Waals surface area contributed by atoms with Crippen LogP contribution in [-0.4, -0.2) is 17.8 Å². The molecule has 0 spiro atoms. The molecule has 0 radical (unpaired) electrons. The van der Waals surface area contributed by atoms with E-state index in [0.29, 0.717) is 18.2 Å². The van der Waals surface area contributed by atoms with E-state index in [-0.39, 0.29) is 11.9 Å². The van der Waals surface area contributed by atoms with Crippen LogP contribution in [0.3, 0.4) is 0 Å². The molecule has 1 atom stereocenters. The molecule has 1 aliphatic carbocycles. The second-order valence-corrected chi connectivity index (χ2v) is 4.33. The molecule has 1 amide bonds. The number of nitrogens with one attached hydrogen (secondary N) is 1. The Morgan fingerprint density at radius 3 is 2.77 bits per heavy atom. The zero-order valence-corrected chi connectivity index (χ0v) is 8.94. The van der Waals surface area contributed by atoms with Crippen molar-refractivity contribution in [2.75, 3.05) is 5.88 Å². The molecule has 76 valence electrons. The van der Waals surface area contributed by atoms with E-state index in [4.69, 9.17) is 11.6 Å². The molecule has 0 aliphatic heterocycles. The van der Waals surface area contributed by atoms with Gasteiger partial charge in [-0.1, -0.05) is 6.42 Å². The summed E-state index contributed by atoms with van der Waals surface area (Å²) in [6, 6.07) is 0.227. The molecule has 0 aromatic heterocycles. The summed E-state index contributed by atoms with van der Waals surface area (Å²) >= 11 is 5.57. The van der Waals surface area contributed by atoms with Gasteiger partial charge in [-0.15, -0.1) is 11.6 Å². The van der Waals surface area contributed by atoms with Gasteiger partial charge in [0.25, 0.3) is 0 Å². The Bertz CT molecular complexity index is 168. The molecule has 1 rings (SSSR count). The zero-order valence-electron chi connectivity index (χ0n) is 8.18. The molecule has 0 aromatic carbocycles. The maximum absolute atomic E-state index is 11.4. The zero-order chi connectivity index (χ0) is 9.68. The molecular formula is C10H18ClNO. The van der Waals surface area contributed by atoms with Gasteiger partial charge in [0.2, 0.25) is 5.91 Å². The van der Waals surface area contributed by atoms with Crippen molar-refractivity contribution < 1.29 is 4.79 Å². The van der Waals surface area contributed by atoms with Crippen molar-refractivity contribution in [3.63, 3.8) is 0 Å². The molecule has 0 bridgehead atoms. The van der Waals surface area contributed by atoms with Gasteiger partial charge < -0.3 is 5.32 Å². The van der Waals surface area contributed by atoms with E-state index >= 15 is 0 Å². The summed E-state index contributed by atoms with van der Waals surface area (Å²) < 4.78 is 0. The van der Waals surface area contributed by atoms with Crippen LogP contribution in [0.4, 0.5) is 0 Å². The van der Waals surface area contributed by atoms with Gasteiger partial charge in [0.05, 0.1) is 0 Å². The number of halogens is 1. The Hall–Kier alpha value is -0.240. The number of amides is 1. The summed E-state index contributed by atoms with van der Waals surface area (Å²) in [6.45, 7) is 2.00. The van der Waals surface area contributed by atoms with Crippen molar-refractivity contribution in [1.82, 2.24) is 5.32 Å². The van der Waals surface area contributed by atoms with Gasteiger partial charge in [0.1, 0.15) is 0 Å². The lowest BCUT2D eigenvalue weighted by Gasteiger charge is -2.25. The normalized spacial score (nSPS) is 19.2. The molecule has 0 saturated heterocycles. The number of hydrogen-bond acceptors (Lipinski definition) is 1. The minimum atomic E-state index is 0.197. The van der Waals surface area contributed by atoms with E-state index in [0.717, 1.165) is 6.42 Å². The third-order valence-electron chi connectivity index (χ3n) is 2.65. The number of carbonyl (C=O) groups is 1. The van der Waals surface area contributed by atoms with Crippen molar-refractivity contribution in [1.29, 1.82) is 0 Å². The molecule has 1 unspecified atom stereocenters. The van der Waals surface area contributed by atoms with Crippen LogP contribution in [0.5, 0.6) is 0 Å². The van der Waals surface area contributed by atoms with Gasteiger partial charge in [0, 0.05) is 18.3 Å². The predicted octanol–water partition coefficient (Wildman–Crippen LogP) is 2.31. The molecule has 3 heteroatoms. The smallest absolute Gasteiger partial charge is 0.220 e. The molecule has 1 N–H and O–H groups in total. The first-order chi connectivity index (χ1) is 6.22. The Balaban J connectivity index is 2.08. The van der Waals surface area contributed by atoms with Gasteiger partial charge in [-0.2, -0.15) is 0 Å². The molecule has 1 saturated carbocycles. The topological polar surface area (TPSA) is 29.1 Å². The fourth-order valence-electron chi connectivity index (χ4n) is 1.53. The molecule has 0 heterocycles. The minimum Gasteiger partial charge on any atom is -0.354 e. The first-order valence-corrected chi connectivity index (χ1v) is 5.61. The van der Waals surface area contributed by atoms with E-state index in [2.05, 4.69) is 5.32 Å². The first kappa shape index (κ1) is 10.8. The van der Waals surface area contributed by atoms with Gasteiger partial charge in [-0.3, -0.25) is 4.79 Å². The van der Waals surface area contributed by atoms with Crippen molar-refractivity contribution in [2.45, 2.75) is 45.1 Å². The van der Waals surface area contributed by atoms with Crippen LogP contribution in [-0.2, 0) is 4.79 Å². The fraction of sp³-hybridized carbons (Fsp3) is 0.900. The quantitative estimate of drug-likeness (QED) is 0.683. The Morgan fingerprint density at radius 2 is 2.31 bits per heavy atom. The molecule has 0 aromatic rings. The Kier molecular flexibility index (Phi) is 4.57. The van der Waals surface area contributed by atoms with Crippen molar-refractivity contribution in [2.24, 2.45) is 5.92 Å². The van der Waals surface area contributed by atoms with Crippen LogP contribution < -0.4 is 5.32 Å². The highest BCUT2D eigenvalue weighted by Gasteiger charge is 2.20. The van der Waals surface area contributed by atoms with Crippen LogP contribution in [0.1, 0.15) is 39.0 Å². The number of alkyl halides is 1. The fourth-order valence-corrected chi connectivity index (χ4v) is 1.86. The highest BCUT2D eigenvalue weighted by molar-refractivity contribution is 6.17. The van der Waals surface area contributed by atoms with Gasteiger partial charge in [-0.25, -0.2) is 0 Å². The monoisotopic (exact) mass is 203 g/mol. The SMILES string of the molecule is CC(CCCl)NC(=O)CC1CCC1. The van der Waals surface area contributed by atoms with Crippen molar-refractivity contribution in [3.05, 3.63) is 0 Å². The highest BCUT2D eigenvalue weighted by atomic mass is 35.5. The van der Waals surface area contributed by atoms with Gasteiger partial charge >= 0.3 is 0 Å². The number of carbonyl (C=O) groups excluding carboxylic acids is 1. The Morgan fingerprint density at radius 1 is 1.62 bits per heavy atom. The van der Waals surface area contributed by atoms with Crippen LogP contribution in [0, 0.1) is 5.92 Å². The van der Waals surface area contributed by atoms with E-state index in [1.54, 1.807) is 0 Å². The van der Waals surface area contributed by atoms with E-state index in [9.17, 15) is 4.79 Å². The summed E-state index contributed by atoms with van der Waals surface area (Å²) in [5.74, 6) is 1.47.